The summed E-state index contributed by atoms with van der Waals surface area (Å²) in [6, 6.07) is 11.0. The first-order chi connectivity index (χ1) is 10.1. The first-order valence-electron chi connectivity index (χ1n) is 6.55. The highest BCUT2D eigenvalue weighted by Crippen LogP contribution is 2.30. The Labute approximate surface area is 122 Å². The average Bonchev–Trinajstić information content (AvgIpc) is 2.94. The van der Waals surface area contributed by atoms with Gasteiger partial charge in [0.05, 0.1) is 5.56 Å². The highest BCUT2D eigenvalue weighted by atomic mass is 16.5. The summed E-state index contributed by atoms with van der Waals surface area (Å²) >= 11 is 0. The van der Waals surface area contributed by atoms with Crippen LogP contribution in [0.25, 0.3) is 22.8 Å². The van der Waals surface area contributed by atoms with E-state index in [4.69, 9.17) is 10.3 Å². The van der Waals surface area contributed by atoms with Gasteiger partial charge in [-0.1, -0.05) is 17.3 Å². The van der Waals surface area contributed by atoms with Crippen LogP contribution in [0.1, 0.15) is 11.1 Å². The molecule has 0 saturated carbocycles. The van der Waals surface area contributed by atoms with Crippen LogP contribution in [-0.2, 0) is 0 Å². The molecular weight excluding hydrogens is 266 g/mol. The van der Waals surface area contributed by atoms with Crippen LogP contribution in [0.3, 0.4) is 0 Å². The van der Waals surface area contributed by atoms with Crippen LogP contribution in [0.4, 0.5) is 5.69 Å². The third-order valence-electron chi connectivity index (χ3n) is 3.37. The van der Waals surface area contributed by atoms with Gasteiger partial charge in [0, 0.05) is 11.3 Å². The van der Waals surface area contributed by atoms with Gasteiger partial charge in [-0.2, -0.15) is 4.98 Å². The molecule has 0 aliphatic heterocycles. The minimum Gasteiger partial charge on any atom is -0.507 e. The number of hydrogen-bond acceptors (Lipinski definition) is 5. The maximum Gasteiger partial charge on any atom is 0.260 e. The normalized spacial score (nSPS) is 10.8. The molecule has 0 aliphatic carbocycles. The molecule has 1 aromatic heterocycles. The van der Waals surface area contributed by atoms with Crippen molar-refractivity contribution in [2.24, 2.45) is 0 Å². The van der Waals surface area contributed by atoms with Crippen molar-refractivity contribution in [2.45, 2.75) is 13.8 Å². The van der Waals surface area contributed by atoms with E-state index < -0.39 is 0 Å². The maximum absolute atomic E-state index is 9.82. The van der Waals surface area contributed by atoms with Crippen LogP contribution < -0.4 is 5.73 Å². The number of nitrogens with zero attached hydrogens (tertiary/aromatic N) is 2. The van der Waals surface area contributed by atoms with Gasteiger partial charge in [-0.15, -0.1) is 0 Å². The molecule has 2 aromatic carbocycles. The molecule has 0 amide bonds. The number of phenolic OH excluding ortho intramolecular Hbond substituents is 1. The SMILES string of the molecule is Cc1cc(-c2noc(-c3ccccc3N)n2)cc(C)c1O. The summed E-state index contributed by atoms with van der Waals surface area (Å²) < 4.78 is 5.29. The molecule has 0 aliphatic rings. The van der Waals surface area contributed by atoms with Crippen LogP contribution in [-0.4, -0.2) is 15.2 Å². The quantitative estimate of drug-likeness (QED) is 0.704. The molecule has 5 nitrogen and oxygen atoms in total. The van der Waals surface area contributed by atoms with Crippen molar-refractivity contribution in [3.05, 3.63) is 47.5 Å². The van der Waals surface area contributed by atoms with Crippen LogP contribution in [0.5, 0.6) is 5.75 Å². The Hall–Kier alpha value is -2.82. The van der Waals surface area contributed by atoms with Gasteiger partial charge < -0.3 is 15.4 Å². The maximum atomic E-state index is 9.82. The molecule has 0 unspecified atom stereocenters. The van der Waals surface area contributed by atoms with E-state index in [2.05, 4.69) is 10.1 Å². The minimum atomic E-state index is 0.287. The molecule has 3 N–H and O–H groups in total. The van der Waals surface area contributed by atoms with Gasteiger partial charge in [-0.3, -0.25) is 0 Å². The van der Waals surface area contributed by atoms with Crippen molar-refractivity contribution in [3.63, 3.8) is 0 Å². The number of phenols is 1. The molecule has 21 heavy (non-hydrogen) atoms. The van der Waals surface area contributed by atoms with E-state index >= 15 is 0 Å². The summed E-state index contributed by atoms with van der Waals surface area (Å²) in [5.41, 5.74) is 9.55. The van der Waals surface area contributed by atoms with Crippen LogP contribution in [0, 0.1) is 13.8 Å². The highest BCUT2D eigenvalue weighted by Gasteiger charge is 2.14. The minimum absolute atomic E-state index is 0.287. The van der Waals surface area contributed by atoms with E-state index in [-0.39, 0.29) is 5.75 Å². The van der Waals surface area contributed by atoms with E-state index in [1.165, 1.54) is 0 Å². The van der Waals surface area contributed by atoms with E-state index in [0.717, 1.165) is 16.7 Å². The second-order valence-corrected chi connectivity index (χ2v) is 4.97. The molecule has 0 saturated heterocycles. The van der Waals surface area contributed by atoms with Crippen LogP contribution in [0.15, 0.2) is 40.9 Å². The van der Waals surface area contributed by atoms with Crippen LogP contribution in [0.2, 0.25) is 0 Å². The second-order valence-electron chi connectivity index (χ2n) is 4.97. The number of aromatic hydroxyl groups is 1. The number of para-hydroxylation sites is 1. The predicted molar refractivity (Wildman–Crippen MR) is 80.7 cm³/mol. The number of aromatic nitrogens is 2. The van der Waals surface area contributed by atoms with Gasteiger partial charge in [0.1, 0.15) is 5.75 Å². The number of hydrogen-bond donors (Lipinski definition) is 2. The molecule has 3 rings (SSSR count). The Balaban J connectivity index is 2.05. The highest BCUT2D eigenvalue weighted by molar-refractivity contribution is 5.71. The first-order valence-corrected chi connectivity index (χ1v) is 6.55. The first kappa shape index (κ1) is 13.2. The summed E-state index contributed by atoms with van der Waals surface area (Å²) in [5.74, 6) is 1.14. The fourth-order valence-electron chi connectivity index (χ4n) is 2.23. The predicted octanol–water partition coefficient (Wildman–Crippen LogP) is 3.31. The molecule has 0 spiro atoms. The third kappa shape index (κ3) is 2.33. The van der Waals surface area contributed by atoms with Crippen molar-refractivity contribution in [1.29, 1.82) is 0 Å². The van der Waals surface area contributed by atoms with Crippen molar-refractivity contribution in [1.82, 2.24) is 10.1 Å². The zero-order valence-corrected chi connectivity index (χ0v) is 11.8. The molecule has 5 heteroatoms. The monoisotopic (exact) mass is 281 g/mol. The number of rotatable bonds is 2. The summed E-state index contributed by atoms with van der Waals surface area (Å²) in [6.07, 6.45) is 0. The fraction of sp³-hybridized carbons (Fsp3) is 0.125. The number of benzene rings is 2. The lowest BCUT2D eigenvalue weighted by Crippen LogP contribution is -1.89. The van der Waals surface area contributed by atoms with Gasteiger partial charge in [0.15, 0.2) is 0 Å². The zero-order valence-electron chi connectivity index (χ0n) is 11.8. The van der Waals surface area contributed by atoms with Crippen molar-refractivity contribution < 1.29 is 9.63 Å². The summed E-state index contributed by atoms with van der Waals surface area (Å²) in [7, 11) is 0. The molecule has 0 fully saturated rings. The Bertz CT molecular complexity index is 786. The Morgan fingerprint density at radius 3 is 2.43 bits per heavy atom. The topological polar surface area (TPSA) is 85.2 Å². The van der Waals surface area contributed by atoms with Gasteiger partial charge in [-0.25, -0.2) is 0 Å². The van der Waals surface area contributed by atoms with Gasteiger partial charge >= 0.3 is 0 Å². The summed E-state index contributed by atoms with van der Waals surface area (Å²) in [4.78, 5) is 4.38. The molecule has 106 valence electrons. The largest absolute Gasteiger partial charge is 0.507 e. The lowest BCUT2D eigenvalue weighted by atomic mass is 10.1. The molecule has 3 aromatic rings. The van der Waals surface area contributed by atoms with E-state index in [0.29, 0.717) is 23.0 Å². The Morgan fingerprint density at radius 2 is 1.76 bits per heavy atom. The third-order valence-corrected chi connectivity index (χ3v) is 3.37. The van der Waals surface area contributed by atoms with Gasteiger partial charge in [0.25, 0.3) is 5.89 Å². The van der Waals surface area contributed by atoms with Gasteiger partial charge in [-0.05, 0) is 49.2 Å². The molecule has 1 heterocycles. The van der Waals surface area contributed by atoms with Crippen LogP contribution >= 0.6 is 0 Å². The van der Waals surface area contributed by atoms with E-state index in [9.17, 15) is 5.11 Å². The zero-order chi connectivity index (χ0) is 15.0. The average molecular weight is 281 g/mol. The standard InChI is InChI=1S/C16H15N3O2/c1-9-7-11(8-10(2)14(9)20)15-18-16(21-19-15)12-5-3-4-6-13(12)17/h3-8,20H,17H2,1-2H3. The Morgan fingerprint density at radius 1 is 1.10 bits per heavy atom. The number of nitrogen functional groups attached to an aromatic ring is 1. The second kappa shape index (κ2) is 4.94. The van der Waals surface area contributed by atoms with Crippen molar-refractivity contribution >= 4 is 5.69 Å². The molecular formula is C16H15N3O2. The Kier molecular flexibility index (Phi) is 3.10. The molecule has 0 radical (unpaired) electrons. The number of anilines is 1. The number of nitrogens with two attached hydrogens (primary N) is 1. The molecule has 0 atom stereocenters. The van der Waals surface area contributed by atoms with Crippen molar-refractivity contribution in [2.75, 3.05) is 5.73 Å². The summed E-state index contributed by atoms with van der Waals surface area (Å²) in [5, 5.41) is 13.8. The van der Waals surface area contributed by atoms with E-state index in [1.807, 2.05) is 44.2 Å². The van der Waals surface area contributed by atoms with E-state index in [1.54, 1.807) is 6.07 Å². The lowest BCUT2D eigenvalue weighted by molar-refractivity contribution is 0.432. The summed E-state index contributed by atoms with van der Waals surface area (Å²) in [6.45, 7) is 3.67. The molecule has 0 bridgehead atoms. The lowest BCUT2D eigenvalue weighted by Gasteiger charge is -2.04. The van der Waals surface area contributed by atoms with Gasteiger partial charge in [0.2, 0.25) is 5.82 Å². The number of aryl methyl sites for hydroxylation is 2. The fourth-order valence-corrected chi connectivity index (χ4v) is 2.23. The smallest absolute Gasteiger partial charge is 0.260 e. The van der Waals surface area contributed by atoms with Crippen molar-refractivity contribution in [3.8, 4) is 28.6 Å².